The molecule has 0 radical (unpaired) electrons. The minimum Gasteiger partial charge on any atom is -0.344 e. The van der Waals surface area contributed by atoms with E-state index in [-0.39, 0.29) is 5.82 Å². The third kappa shape index (κ3) is 1.06. The van der Waals surface area contributed by atoms with Gasteiger partial charge in [-0.05, 0) is 17.7 Å². The third-order valence-corrected chi connectivity index (χ3v) is 2.00. The fraction of sp³-hybridized carbons (Fsp3) is 0.125. The molecule has 4 heteroatoms. The molecule has 0 unspecified atom stereocenters. The van der Waals surface area contributed by atoms with Gasteiger partial charge in [0.05, 0.1) is 11.8 Å². The van der Waals surface area contributed by atoms with Crippen LogP contribution in [-0.2, 0) is 5.88 Å². The summed E-state index contributed by atoms with van der Waals surface area (Å²) in [5, 5.41) is 0. The molecule has 62 valence electrons. The van der Waals surface area contributed by atoms with Crippen LogP contribution in [0.25, 0.3) is 11.0 Å². The zero-order chi connectivity index (χ0) is 8.55. The van der Waals surface area contributed by atoms with E-state index in [2.05, 4.69) is 9.97 Å². The monoisotopic (exact) mass is 184 g/mol. The van der Waals surface area contributed by atoms with Gasteiger partial charge in [-0.3, -0.25) is 0 Å². The number of imidazole rings is 1. The Bertz CT molecular complexity index is 410. The number of benzene rings is 1. The standard InChI is InChI=1S/C8H6ClFN2/c9-3-5-1-6(10)8-7(2-5)11-4-12-8/h1-2,4H,3H2,(H,11,12). The molecule has 0 saturated carbocycles. The molecule has 0 fully saturated rings. The minimum atomic E-state index is -0.329. The molecule has 0 bridgehead atoms. The van der Waals surface area contributed by atoms with Crippen molar-refractivity contribution < 1.29 is 4.39 Å². The molecule has 0 aliphatic heterocycles. The van der Waals surface area contributed by atoms with E-state index in [0.717, 1.165) is 5.56 Å². The summed E-state index contributed by atoms with van der Waals surface area (Å²) in [6.07, 6.45) is 1.46. The van der Waals surface area contributed by atoms with Crippen molar-refractivity contribution in [3.63, 3.8) is 0 Å². The van der Waals surface area contributed by atoms with Crippen LogP contribution >= 0.6 is 11.6 Å². The van der Waals surface area contributed by atoms with Crippen LogP contribution in [0.4, 0.5) is 4.39 Å². The number of nitrogens with one attached hydrogen (secondary N) is 1. The Morgan fingerprint density at radius 2 is 2.33 bits per heavy atom. The molecule has 2 aromatic rings. The lowest BCUT2D eigenvalue weighted by Crippen LogP contribution is -1.83. The summed E-state index contributed by atoms with van der Waals surface area (Å²) in [7, 11) is 0. The van der Waals surface area contributed by atoms with Gasteiger partial charge in [0.2, 0.25) is 0 Å². The second kappa shape index (κ2) is 2.75. The van der Waals surface area contributed by atoms with Gasteiger partial charge in [0, 0.05) is 5.88 Å². The first-order valence-electron chi connectivity index (χ1n) is 3.48. The highest BCUT2D eigenvalue weighted by atomic mass is 35.5. The first kappa shape index (κ1) is 7.55. The maximum atomic E-state index is 13.1. The molecule has 1 aromatic heterocycles. The second-order valence-corrected chi connectivity index (χ2v) is 2.78. The fourth-order valence-corrected chi connectivity index (χ4v) is 1.29. The Morgan fingerprint density at radius 3 is 3.08 bits per heavy atom. The van der Waals surface area contributed by atoms with Gasteiger partial charge in [0.15, 0.2) is 5.82 Å². The first-order valence-corrected chi connectivity index (χ1v) is 4.02. The average Bonchev–Trinajstić information content (AvgIpc) is 2.52. The smallest absolute Gasteiger partial charge is 0.151 e. The first-order chi connectivity index (χ1) is 5.81. The van der Waals surface area contributed by atoms with Crippen molar-refractivity contribution in [2.45, 2.75) is 5.88 Å². The highest BCUT2D eigenvalue weighted by Crippen LogP contribution is 2.17. The van der Waals surface area contributed by atoms with E-state index in [1.807, 2.05) is 0 Å². The largest absolute Gasteiger partial charge is 0.344 e. The van der Waals surface area contributed by atoms with E-state index >= 15 is 0 Å². The molecule has 0 atom stereocenters. The molecule has 0 aliphatic rings. The zero-order valence-corrected chi connectivity index (χ0v) is 6.90. The lowest BCUT2D eigenvalue weighted by molar-refractivity contribution is 0.636. The van der Waals surface area contributed by atoms with Crippen molar-refractivity contribution in [1.29, 1.82) is 0 Å². The quantitative estimate of drug-likeness (QED) is 0.678. The summed E-state index contributed by atoms with van der Waals surface area (Å²) in [6, 6.07) is 3.19. The van der Waals surface area contributed by atoms with Crippen LogP contribution in [0.2, 0.25) is 0 Å². The number of rotatable bonds is 1. The van der Waals surface area contributed by atoms with Crippen molar-refractivity contribution in [1.82, 2.24) is 9.97 Å². The molecule has 0 aliphatic carbocycles. The van der Waals surface area contributed by atoms with Gasteiger partial charge in [-0.15, -0.1) is 11.6 Å². The second-order valence-electron chi connectivity index (χ2n) is 2.51. The van der Waals surface area contributed by atoms with Crippen LogP contribution in [0.15, 0.2) is 18.5 Å². The Hall–Kier alpha value is -1.09. The van der Waals surface area contributed by atoms with Crippen LogP contribution < -0.4 is 0 Å². The molecule has 1 heterocycles. The van der Waals surface area contributed by atoms with Crippen molar-refractivity contribution in [2.24, 2.45) is 0 Å². The summed E-state index contributed by atoms with van der Waals surface area (Å²) < 4.78 is 13.1. The van der Waals surface area contributed by atoms with Gasteiger partial charge in [0.1, 0.15) is 5.52 Å². The summed E-state index contributed by atoms with van der Waals surface area (Å²) in [5.74, 6) is -0.0179. The van der Waals surface area contributed by atoms with E-state index in [9.17, 15) is 4.39 Å². The minimum absolute atomic E-state index is 0.311. The van der Waals surface area contributed by atoms with Crippen LogP contribution in [0, 0.1) is 5.82 Å². The SMILES string of the molecule is Fc1cc(CCl)cc2[nH]cnc12. The van der Waals surface area contributed by atoms with Gasteiger partial charge in [-0.25, -0.2) is 9.37 Å². The summed E-state index contributed by atoms with van der Waals surface area (Å²) in [6.45, 7) is 0. The molecule has 0 saturated heterocycles. The molecule has 0 spiro atoms. The van der Waals surface area contributed by atoms with Crippen molar-refractivity contribution >= 4 is 22.6 Å². The van der Waals surface area contributed by atoms with Crippen LogP contribution in [0.1, 0.15) is 5.56 Å². The van der Waals surface area contributed by atoms with Crippen LogP contribution in [0.3, 0.4) is 0 Å². The average molecular weight is 185 g/mol. The normalized spacial score (nSPS) is 10.8. The van der Waals surface area contributed by atoms with E-state index < -0.39 is 0 Å². The molecule has 1 aromatic carbocycles. The van der Waals surface area contributed by atoms with E-state index in [1.54, 1.807) is 6.07 Å². The molecule has 12 heavy (non-hydrogen) atoms. The predicted molar refractivity (Wildman–Crippen MR) is 45.6 cm³/mol. The van der Waals surface area contributed by atoms with Gasteiger partial charge in [-0.2, -0.15) is 0 Å². The number of halogens is 2. The van der Waals surface area contributed by atoms with Gasteiger partial charge < -0.3 is 4.98 Å². The topological polar surface area (TPSA) is 28.7 Å². The summed E-state index contributed by atoms with van der Waals surface area (Å²) in [4.78, 5) is 6.65. The van der Waals surface area contributed by atoms with E-state index in [4.69, 9.17) is 11.6 Å². The maximum absolute atomic E-state index is 13.1. The third-order valence-electron chi connectivity index (χ3n) is 1.69. The lowest BCUT2D eigenvalue weighted by atomic mass is 10.2. The molecular weight excluding hydrogens is 179 g/mol. The van der Waals surface area contributed by atoms with Crippen molar-refractivity contribution in [2.75, 3.05) is 0 Å². The summed E-state index contributed by atoms with van der Waals surface area (Å²) >= 11 is 5.57. The molecule has 2 nitrogen and oxygen atoms in total. The fourth-order valence-electron chi connectivity index (χ4n) is 1.14. The number of fused-ring (bicyclic) bond motifs is 1. The predicted octanol–water partition coefficient (Wildman–Crippen LogP) is 2.44. The van der Waals surface area contributed by atoms with Crippen molar-refractivity contribution in [3.05, 3.63) is 29.8 Å². The number of nitrogens with zero attached hydrogens (tertiary/aromatic N) is 1. The Kier molecular flexibility index (Phi) is 1.73. The molecule has 1 N–H and O–H groups in total. The summed E-state index contributed by atoms with van der Waals surface area (Å²) in [5.41, 5.74) is 1.81. The van der Waals surface area contributed by atoms with Gasteiger partial charge >= 0.3 is 0 Å². The number of H-pyrrole nitrogens is 1. The number of alkyl halides is 1. The number of hydrogen-bond acceptors (Lipinski definition) is 1. The van der Waals surface area contributed by atoms with E-state index in [1.165, 1.54) is 12.4 Å². The lowest BCUT2D eigenvalue weighted by Gasteiger charge is -1.95. The number of aromatic nitrogens is 2. The van der Waals surface area contributed by atoms with Gasteiger partial charge in [-0.1, -0.05) is 0 Å². The number of hydrogen-bond donors (Lipinski definition) is 1. The highest BCUT2D eigenvalue weighted by Gasteiger charge is 2.04. The van der Waals surface area contributed by atoms with Crippen molar-refractivity contribution in [3.8, 4) is 0 Å². The Morgan fingerprint density at radius 1 is 1.50 bits per heavy atom. The van der Waals surface area contributed by atoms with Gasteiger partial charge in [0.25, 0.3) is 0 Å². The van der Waals surface area contributed by atoms with Crippen LogP contribution in [-0.4, -0.2) is 9.97 Å². The Balaban J connectivity index is 2.75. The zero-order valence-electron chi connectivity index (χ0n) is 6.14. The molecular formula is C8H6ClFN2. The molecule has 2 rings (SSSR count). The highest BCUT2D eigenvalue weighted by molar-refractivity contribution is 6.17. The maximum Gasteiger partial charge on any atom is 0.151 e. The van der Waals surface area contributed by atoms with Crippen LogP contribution in [0.5, 0.6) is 0 Å². The Labute approximate surface area is 73.4 Å². The number of aromatic amines is 1. The molecule has 0 amide bonds. The van der Waals surface area contributed by atoms with E-state index in [0.29, 0.717) is 16.9 Å².